The van der Waals surface area contributed by atoms with E-state index in [-0.39, 0.29) is 18.8 Å². The van der Waals surface area contributed by atoms with Gasteiger partial charge in [-0.15, -0.1) is 6.42 Å². The lowest BCUT2D eigenvalue weighted by molar-refractivity contribution is -0.143. The Bertz CT molecular complexity index is 1190. The minimum Gasteiger partial charge on any atom is -0.451 e. The molecule has 1 fully saturated rings. The van der Waals surface area contributed by atoms with Crippen LogP contribution in [0.2, 0.25) is 0 Å². The molecule has 1 saturated heterocycles. The number of aromatic amines is 1. The van der Waals surface area contributed by atoms with Gasteiger partial charge in [0, 0.05) is 18.7 Å². The average molecular weight is 493 g/mol. The van der Waals surface area contributed by atoms with E-state index >= 15 is 0 Å². The summed E-state index contributed by atoms with van der Waals surface area (Å²) in [6.07, 6.45) is 3.40. The van der Waals surface area contributed by atoms with Crippen molar-refractivity contribution in [1.29, 1.82) is 0 Å². The number of para-hydroxylation sites is 1. The lowest BCUT2D eigenvalue weighted by atomic mass is 10.2. The van der Waals surface area contributed by atoms with Gasteiger partial charge < -0.3 is 19.1 Å². The minimum atomic E-state index is -4.18. The van der Waals surface area contributed by atoms with Crippen LogP contribution < -0.4 is 20.9 Å². The zero-order valence-corrected chi connectivity index (χ0v) is 19.1. The molecular weight excluding hydrogens is 469 g/mol. The van der Waals surface area contributed by atoms with E-state index in [0.29, 0.717) is 0 Å². The van der Waals surface area contributed by atoms with Gasteiger partial charge in [0.1, 0.15) is 24.1 Å². The molecule has 182 valence electrons. The summed E-state index contributed by atoms with van der Waals surface area (Å²) in [5, 5.41) is 12.9. The molecule has 2 aromatic rings. The monoisotopic (exact) mass is 493 g/mol. The van der Waals surface area contributed by atoms with Gasteiger partial charge in [-0.25, -0.2) is 9.36 Å². The number of esters is 1. The average Bonchev–Trinajstić information content (AvgIpc) is 3.16. The van der Waals surface area contributed by atoms with E-state index in [2.05, 4.69) is 16.0 Å². The van der Waals surface area contributed by atoms with Crippen LogP contribution >= 0.6 is 7.75 Å². The van der Waals surface area contributed by atoms with E-state index in [1.54, 1.807) is 30.3 Å². The molecule has 2 heterocycles. The van der Waals surface area contributed by atoms with E-state index in [9.17, 15) is 24.1 Å². The maximum absolute atomic E-state index is 13.4. The molecule has 34 heavy (non-hydrogen) atoms. The standard InChI is InChI=1S/C21H24N3O9P/c1-3-11-30-20(27)14(2)23-34(29,33-15-7-5-4-6-8-15)31-13-17-16(25)12-19(32-17)24-10-9-18(26)22-21(24)28/h1,4-10,14,16-17,19,25H,11-13H2,2H3,(H,23,29)(H,22,26,28)/t14-,16+,17-,19-,34-/m0/s1. The maximum Gasteiger partial charge on any atom is 0.459 e. The van der Waals surface area contributed by atoms with Crippen LogP contribution in [-0.4, -0.2) is 52.1 Å². The highest BCUT2D eigenvalue weighted by Gasteiger charge is 2.39. The van der Waals surface area contributed by atoms with Crippen LogP contribution in [0.1, 0.15) is 19.6 Å². The zero-order valence-electron chi connectivity index (χ0n) is 18.2. The normalized spacial score (nSPS) is 22.3. The van der Waals surface area contributed by atoms with Crippen molar-refractivity contribution in [3.63, 3.8) is 0 Å². The smallest absolute Gasteiger partial charge is 0.451 e. The van der Waals surface area contributed by atoms with Crippen molar-refractivity contribution in [1.82, 2.24) is 14.6 Å². The highest BCUT2D eigenvalue weighted by atomic mass is 31.2. The summed E-state index contributed by atoms with van der Waals surface area (Å²) in [5.74, 6) is 1.59. The predicted octanol–water partition coefficient (Wildman–Crippen LogP) is 0.543. The van der Waals surface area contributed by atoms with Crippen LogP contribution in [0.3, 0.4) is 0 Å². The van der Waals surface area contributed by atoms with Crippen LogP contribution in [0, 0.1) is 12.3 Å². The fourth-order valence-corrected chi connectivity index (χ4v) is 4.60. The second kappa shape index (κ2) is 11.3. The van der Waals surface area contributed by atoms with Crippen LogP contribution in [0.5, 0.6) is 5.75 Å². The molecule has 3 N–H and O–H groups in total. The summed E-state index contributed by atoms with van der Waals surface area (Å²) in [4.78, 5) is 37.4. The highest BCUT2D eigenvalue weighted by molar-refractivity contribution is 7.52. The number of hydrogen-bond donors (Lipinski definition) is 3. The Kier molecular flexibility index (Phi) is 8.44. The van der Waals surface area contributed by atoms with Crippen molar-refractivity contribution in [2.45, 2.75) is 37.8 Å². The second-order valence-electron chi connectivity index (χ2n) is 7.31. The van der Waals surface area contributed by atoms with Gasteiger partial charge in [-0.05, 0) is 19.1 Å². The number of carbonyl (C=O) groups is 1. The summed E-state index contributed by atoms with van der Waals surface area (Å²) in [7, 11) is -4.18. The number of H-pyrrole nitrogens is 1. The van der Waals surface area contributed by atoms with Crippen LogP contribution in [-0.2, 0) is 23.4 Å². The zero-order chi connectivity index (χ0) is 24.7. The van der Waals surface area contributed by atoms with Crippen molar-refractivity contribution in [3.05, 3.63) is 63.4 Å². The molecule has 0 aliphatic carbocycles. The first-order valence-corrected chi connectivity index (χ1v) is 11.8. The number of nitrogens with one attached hydrogen (secondary N) is 2. The highest BCUT2D eigenvalue weighted by Crippen LogP contribution is 2.45. The van der Waals surface area contributed by atoms with Crippen LogP contribution in [0.15, 0.2) is 52.2 Å². The molecule has 3 rings (SSSR count). The Hall–Kier alpha value is -3.20. The Morgan fingerprint density at radius 2 is 2.12 bits per heavy atom. The van der Waals surface area contributed by atoms with Gasteiger partial charge >= 0.3 is 19.4 Å². The van der Waals surface area contributed by atoms with E-state index in [0.717, 1.165) is 10.6 Å². The van der Waals surface area contributed by atoms with Crippen LogP contribution in [0.4, 0.5) is 0 Å². The fraction of sp³-hybridized carbons (Fsp3) is 0.381. The summed E-state index contributed by atoms with van der Waals surface area (Å²) in [6, 6.07) is 8.16. The molecule has 0 radical (unpaired) electrons. The van der Waals surface area contributed by atoms with Gasteiger partial charge in [0.2, 0.25) is 0 Å². The number of rotatable bonds is 10. The molecule has 0 saturated carbocycles. The Morgan fingerprint density at radius 3 is 2.79 bits per heavy atom. The third kappa shape index (κ3) is 6.66. The molecule has 0 amide bonds. The molecule has 12 nitrogen and oxygen atoms in total. The molecule has 0 unspecified atom stereocenters. The minimum absolute atomic E-state index is 0.0199. The van der Waals surface area contributed by atoms with E-state index in [1.807, 2.05) is 0 Å². The first-order chi connectivity index (χ1) is 16.2. The SMILES string of the molecule is C#CCOC(=O)[C@H](C)N[P@](=O)(OC[C@@H]1O[C@H](n2ccc(=O)[nH]c2=O)C[C@H]1O)Oc1ccccc1. The molecule has 1 aliphatic rings. The first-order valence-electron chi connectivity index (χ1n) is 10.2. The molecule has 13 heteroatoms. The summed E-state index contributed by atoms with van der Waals surface area (Å²) in [6.45, 7) is 0.727. The molecule has 1 aromatic carbocycles. The van der Waals surface area contributed by atoms with Crippen molar-refractivity contribution in [2.75, 3.05) is 13.2 Å². The maximum atomic E-state index is 13.4. The molecule has 1 aromatic heterocycles. The topological polar surface area (TPSA) is 158 Å². The van der Waals surface area contributed by atoms with Gasteiger partial charge in [0.25, 0.3) is 5.56 Å². The predicted molar refractivity (Wildman–Crippen MR) is 119 cm³/mol. The van der Waals surface area contributed by atoms with Crippen molar-refractivity contribution >= 4 is 13.7 Å². The fourth-order valence-electron chi connectivity index (χ4n) is 3.10. The number of aliphatic hydroxyl groups is 1. The van der Waals surface area contributed by atoms with Crippen LogP contribution in [0.25, 0.3) is 0 Å². The second-order valence-corrected chi connectivity index (χ2v) is 9.00. The number of aliphatic hydroxyl groups excluding tert-OH is 1. The Morgan fingerprint density at radius 1 is 1.38 bits per heavy atom. The Balaban J connectivity index is 1.71. The van der Waals surface area contributed by atoms with E-state index in [4.69, 9.17) is 24.9 Å². The van der Waals surface area contributed by atoms with Gasteiger partial charge in [-0.3, -0.25) is 23.7 Å². The number of carbonyl (C=O) groups excluding carboxylic acids is 1. The third-order valence-electron chi connectivity index (χ3n) is 4.75. The van der Waals surface area contributed by atoms with Crippen molar-refractivity contribution < 1.29 is 33.0 Å². The number of aromatic nitrogens is 2. The van der Waals surface area contributed by atoms with E-state index in [1.165, 1.54) is 13.1 Å². The molecule has 1 aliphatic heterocycles. The molecular formula is C21H24N3O9P. The lowest BCUT2D eigenvalue weighted by Gasteiger charge is -2.24. The van der Waals surface area contributed by atoms with Crippen molar-refractivity contribution in [3.8, 4) is 18.1 Å². The number of nitrogens with zero attached hydrogens (tertiary/aromatic N) is 1. The first kappa shape index (κ1) is 25.4. The summed E-state index contributed by atoms with van der Waals surface area (Å²) < 4.78 is 36.1. The van der Waals surface area contributed by atoms with E-state index < -0.39 is 56.0 Å². The van der Waals surface area contributed by atoms with Gasteiger partial charge in [-0.2, -0.15) is 5.09 Å². The summed E-state index contributed by atoms with van der Waals surface area (Å²) in [5.41, 5.74) is -1.27. The molecule has 0 bridgehead atoms. The number of benzene rings is 1. The third-order valence-corrected chi connectivity index (χ3v) is 6.39. The van der Waals surface area contributed by atoms with Gasteiger partial charge in [0.15, 0.2) is 6.61 Å². The quantitative estimate of drug-likeness (QED) is 0.242. The summed E-state index contributed by atoms with van der Waals surface area (Å²) >= 11 is 0. The molecule has 0 spiro atoms. The molecule has 5 atom stereocenters. The largest absolute Gasteiger partial charge is 0.459 e. The van der Waals surface area contributed by atoms with Gasteiger partial charge in [0.05, 0.1) is 12.7 Å². The number of ether oxygens (including phenoxy) is 2. The number of hydrogen-bond acceptors (Lipinski definition) is 9. The van der Waals surface area contributed by atoms with Gasteiger partial charge in [-0.1, -0.05) is 24.1 Å². The van der Waals surface area contributed by atoms with Crippen molar-refractivity contribution in [2.24, 2.45) is 0 Å². The number of terminal acetylenes is 1. The lowest BCUT2D eigenvalue weighted by Crippen LogP contribution is -2.36. The Labute approximate surface area is 194 Å².